The van der Waals surface area contributed by atoms with E-state index in [4.69, 9.17) is 9.47 Å². The number of hydrogen-bond donors (Lipinski definition) is 0. The second kappa shape index (κ2) is 26.5. The third kappa shape index (κ3) is 16.5. The van der Waals surface area contributed by atoms with Crippen molar-refractivity contribution in [3.63, 3.8) is 0 Å². The molecule has 0 aliphatic heterocycles. The van der Waals surface area contributed by atoms with Crippen molar-refractivity contribution in [3.8, 4) is 0 Å². The number of ether oxygens (including phenoxy) is 2. The normalized spacial score (nSPS) is 12.4. The Morgan fingerprint density at radius 3 is 1.25 bits per heavy atom. The quantitative estimate of drug-likeness (QED) is 0.0308. The van der Waals surface area contributed by atoms with Crippen molar-refractivity contribution in [2.75, 3.05) is 19.4 Å². The monoisotopic (exact) mass is 715 g/mol. The molecule has 0 spiro atoms. The van der Waals surface area contributed by atoms with Gasteiger partial charge in [0.15, 0.2) is 0 Å². The molecule has 0 heterocycles. The maximum absolute atomic E-state index is 6.27. The molecule has 3 aromatic rings. The summed E-state index contributed by atoms with van der Waals surface area (Å²) < 4.78 is 12.5. The summed E-state index contributed by atoms with van der Waals surface area (Å²) >= 11 is 0. The molecule has 0 aromatic heterocycles. The summed E-state index contributed by atoms with van der Waals surface area (Å²) in [6.45, 7) is 12.8. The maximum atomic E-state index is 6.27. The van der Waals surface area contributed by atoms with Gasteiger partial charge in [0.1, 0.15) is 0 Å². The van der Waals surface area contributed by atoms with E-state index < -0.39 is 7.26 Å². The molecular formula is C48H75O2P. The van der Waals surface area contributed by atoms with Crippen LogP contribution in [0.1, 0.15) is 153 Å². The van der Waals surface area contributed by atoms with Crippen LogP contribution in [-0.4, -0.2) is 25.7 Å². The van der Waals surface area contributed by atoms with Gasteiger partial charge < -0.3 is 0 Å². The summed E-state index contributed by atoms with van der Waals surface area (Å²) in [6, 6.07) is 28.4. The molecule has 0 unspecified atom stereocenters. The van der Waals surface area contributed by atoms with E-state index in [1.165, 1.54) is 135 Å². The van der Waals surface area contributed by atoms with Crippen LogP contribution in [0, 0.1) is 20.8 Å². The molecule has 2 nitrogen and oxygen atoms in total. The molecule has 0 aliphatic rings. The standard InChI is InChI=1S/C48H75O2P/c1-6-8-10-12-19-23-39-49-48(50-40-24-20-13-11-9-7-2)26-22-18-16-14-15-17-21-25-41-51(45-33-27-42(3)28-34-45,46-35-29-43(4)30-36-46)47-37-31-44(5)32-38-47/h15,17,27-38,48,51H,6-14,16,18-26,39-41H2,1-5H3/b17-15+. The Bertz CT molecular complexity index is 1170. The van der Waals surface area contributed by atoms with Crippen LogP contribution in [0.5, 0.6) is 0 Å². The van der Waals surface area contributed by atoms with E-state index in [0.29, 0.717) is 0 Å². The fourth-order valence-electron chi connectivity index (χ4n) is 7.33. The molecule has 51 heavy (non-hydrogen) atoms. The number of allylic oxidation sites excluding steroid dienone is 2. The van der Waals surface area contributed by atoms with Crippen molar-refractivity contribution < 1.29 is 9.47 Å². The molecule has 0 bridgehead atoms. The average molecular weight is 715 g/mol. The Morgan fingerprint density at radius 2 is 0.824 bits per heavy atom. The zero-order valence-corrected chi connectivity index (χ0v) is 34.5. The van der Waals surface area contributed by atoms with Gasteiger partial charge in [0.2, 0.25) is 0 Å². The van der Waals surface area contributed by atoms with Gasteiger partial charge in [0.25, 0.3) is 0 Å². The van der Waals surface area contributed by atoms with E-state index in [9.17, 15) is 0 Å². The number of benzene rings is 3. The van der Waals surface area contributed by atoms with Crippen molar-refractivity contribution >= 4 is 23.2 Å². The van der Waals surface area contributed by atoms with E-state index in [1.54, 1.807) is 0 Å². The first kappa shape index (κ1) is 43.2. The fraction of sp³-hybridized carbons (Fsp3) is 0.583. The molecule has 0 amide bonds. The first-order chi connectivity index (χ1) is 25.0. The van der Waals surface area contributed by atoms with Crippen molar-refractivity contribution in [2.45, 2.75) is 163 Å². The summed E-state index contributed by atoms with van der Waals surface area (Å²) in [6.07, 6.45) is 29.9. The summed E-state index contributed by atoms with van der Waals surface area (Å²) in [5.41, 5.74) is 3.98. The molecule has 3 aromatic carbocycles. The van der Waals surface area contributed by atoms with Crippen LogP contribution in [-0.2, 0) is 9.47 Å². The minimum atomic E-state index is -2.19. The molecule has 3 heteroatoms. The first-order valence-electron chi connectivity index (χ1n) is 21.1. The number of unbranched alkanes of at least 4 members (excludes halogenated alkanes) is 14. The third-order valence-electron chi connectivity index (χ3n) is 10.6. The van der Waals surface area contributed by atoms with Crippen LogP contribution < -0.4 is 15.9 Å². The van der Waals surface area contributed by atoms with Gasteiger partial charge in [-0.3, -0.25) is 0 Å². The van der Waals surface area contributed by atoms with Crippen molar-refractivity contribution in [1.82, 2.24) is 0 Å². The molecular weight excluding hydrogens is 640 g/mol. The molecule has 0 N–H and O–H groups in total. The summed E-state index contributed by atoms with van der Waals surface area (Å²) in [5.74, 6) is 0. The minimum Gasteiger partial charge on any atom is -0.0654 e. The van der Waals surface area contributed by atoms with Crippen LogP contribution in [0.25, 0.3) is 0 Å². The molecule has 0 fully saturated rings. The second-order valence-electron chi connectivity index (χ2n) is 15.2. The van der Waals surface area contributed by atoms with Crippen molar-refractivity contribution in [1.29, 1.82) is 0 Å². The van der Waals surface area contributed by atoms with Gasteiger partial charge in [-0.05, 0) is 12.8 Å². The Kier molecular flexibility index (Phi) is 22.4. The van der Waals surface area contributed by atoms with E-state index in [0.717, 1.165) is 38.9 Å². The van der Waals surface area contributed by atoms with Gasteiger partial charge >= 0.3 is 212 Å². The molecule has 0 saturated heterocycles. The minimum absolute atomic E-state index is 0.0214. The molecule has 0 aliphatic carbocycles. The van der Waals surface area contributed by atoms with Crippen LogP contribution in [0.15, 0.2) is 84.9 Å². The van der Waals surface area contributed by atoms with Gasteiger partial charge in [0, 0.05) is 13.2 Å². The topological polar surface area (TPSA) is 18.5 Å². The Morgan fingerprint density at radius 1 is 0.451 bits per heavy atom. The first-order valence-corrected chi connectivity index (χ1v) is 23.3. The SMILES string of the molecule is CCCCCCCCOC(CCCCC/C=C/CCC[PH](c1ccc(C)cc1)(c1ccc(C)cc1)c1ccc(C)cc1)OCCCCCCCC. The van der Waals surface area contributed by atoms with Gasteiger partial charge in [0.05, 0.1) is 0 Å². The summed E-state index contributed by atoms with van der Waals surface area (Å²) in [4.78, 5) is 0. The molecule has 0 saturated carbocycles. The second-order valence-corrected chi connectivity index (χ2v) is 19.3. The summed E-state index contributed by atoms with van der Waals surface area (Å²) in [7, 11) is -2.19. The van der Waals surface area contributed by atoms with E-state index in [2.05, 4.69) is 120 Å². The number of hydrogen-bond acceptors (Lipinski definition) is 2. The van der Waals surface area contributed by atoms with E-state index in [1.807, 2.05) is 0 Å². The smallest absolute Gasteiger partial charge is 0.0654 e. The predicted octanol–water partition coefficient (Wildman–Crippen LogP) is 13.0. The Balaban J connectivity index is 1.48. The van der Waals surface area contributed by atoms with Gasteiger partial charge in [-0.15, -0.1) is 0 Å². The zero-order valence-electron chi connectivity index (χ0n) is 33.5. The fourth-order valence-corrected chi connectivity index (χ4v) is 12.1. The van der Waals surface area contributed by atoms with Gasteiger partial charge in [-0.2, -0.15) is 0 Å². The Hall–Kier alpha value is -2.25. The van der Waals surface area contributed by atoms with Crippen LogP contribution in [0.4, 0.5) is 0 Å². The third-order valence-corrected chi connectivity index (χ3v) is 15.7. The van der Waals surface area contributed by atoms with Crippen molar-refractivity contribution in [2.24, 2.45) is 0 Å². The number of aryl methyl sites for hydroxylation is 3. The van der Waals surface area contributed by atoms with Crippen LogP contribution >= 0.6 is 7.26 Å². The molecule has 3 rings (SSSR count). The average Bonchev–Trinajstić information content (AvgIpc) is 3.14. The summed E-state index contributed by atoms with van der Waals surface area (Å²) in [5, 5.41) is 4.57. The molecule has 0 atom stereocenters. The van der Waals surface area contributed by atoms with E-state index >= 15 is 0 Å². The zero-order chi connectivity index (χ0) is 36.4. The number of rotatable bonds is 29. The Labute approximate surface area is 315 Å². The van der Waals surface area contributed by atoms with Gasteiger partial charge in [-0.25, -0.2) is 0 Å². The van der Waals surface area contributed by atoms with Gasteiger partial charge in [-0.1, -0.05) is 78.1 Å². The molecule has 284 valence electrons. The van der Waals surface area contributed by atoms with Crippen LogP contribution in [0.2, 0.25) is 0 Å². The van der Waals surface area contributed by atoms with E-state index in [-0.39, 0.29) is 6.29 Å². The predicted molar refractivity (Wildman–Crippen MR) is 230 cm³/mol. The molecule has 0 radical (unpaired) electrons. The van der Waals surface area contributed by atoms with Crippen molar-refractivity contribution in [3.05, 3.63) is 102 Å². The van der Waals surface area contributed by atoms with Crippen LogP contribution in [0.3, 0.4) is 0 Å².